The molecule has 0 spiro atoms. The van der Waals surface area contributed by atoms with Gasteiger partial charge in [-0.15, -0.1) is 0 Å². The Morgan fingerprint density at radius 3 is 2.57 bits per heavy atom. The molecule has 1 aliphatic rings. The molecule has 0 saturated carbocycles. The molecular formula is C17H18FNOS. The summed E-state index contributed by atoms with van der Waals surface area (Å²) in [5.74, 6) is -0.314. The third-order valence-corrected chi connectivity index (χ3v) is 5.89. The predicted molar refractivity (Wildman–Crippen MR) is 82.9 cm³/mol. The highest BCUT2D eigenvalue weighted by Gasteiger charge is 2.29. The molecule has 2 N–H and O–H groups in total. The highest BCUT2D eigenvalue weighted by Crippen LogP contribution is 2.32. The summed E-state index contributed by atoms with van der Waals surface area (Å²) in [6.07, 6.45) is 2.77. The summed E-state index contributed by atoms with van der Waals surface area (Å²) in [5, 5.41) is -0.126. The zero-order chi connectivity index (χ0) is 14.8. The molecule has 0 radical (unpaired) electrons. The molecular weight excluding hydrogens is 285 g/mol. The normalized spacial score (nSPS) is 23.1. The van der Waals surface area contributed by atoms with E-state index in [-0.39, 0.29) is 17.1 Å². The Hall–Kier alpha value is -1.52. The van der Waals surface area contributed by atoms with Crippen LogP contribution < -0.4 is 5.73 Å². The van der Waals surface area contributed by atoms with Gasteiger partial charge in [-0.05, 0) is 54.7 Å². The van der Waals surface area contributed by atoms with Gasteiger partial charge in [0.05, 0.1) is 16.0 Å². The second kappa shape index (κ2) is 6.08. The number of hydrogen-bond acceptors (Lipinski definition) is 2. The fourth-order valence-corrected chi connectivity index (χ4v) is 4.49. The van der Waals surface area contributed by atoms with Crippen LogP contribution in [-0.2, 0) is 17.2 Å². The first-order chi connectivity index (χ1) is 10.2. The van der Waals surface area contributed by atoms with Gasteiger partial charge in [-0.3, -0.25) is 4.21 Å². The van der Waals surface area contributed by atoms with Crippen molar-refractivity contribution in [2.24, 2.45) is 5.73 Å². The zero-order valence-electron chi connectivity index (χ0n) is 11.7. The molecule has 1 aliphatic carbocycles. The third-order valence-electron chi connectivity index (χ3n) is 4.07. The Morgan fingerprint density at radius 2 is 1.81 bits per heavy atom. The van der Waals surface area contributed by atoms with Gasteiger partial charge in [0.2, 0.25) is 0 Å². The molecule has 21 heavy (non-hydrogen) atoms. The fraction of sp³-hybridized carbons (Fsp3) is 0.294. The highest BCUT2D eigenvalue weighted by atomic mass is 32.2. The van der Waals surface area contributed by atoms with Crippen LogP contribution in [-0.4, -0.2) is 9.46 Å². The monoisotopic (exact) mass is 303 g/mol. The Bertz CT molecular complexity index is 656. The second-order valence-electron chi connectivity index (χ2n) is 5.41. The van der Waals surface area contributed by atoms with Gasteiger partial charge < -0.3 is 5.73 Å². The molecule has 0 aromatic heterocycles. The number of aryl methyl sites for hydroxylation is 1. The summed E-state index contributed by atoms with van der Waals surface area (Å²) in [6.45, 7) is 0. The molecule has 2 aromatic rings. The molecule has 0 bridgehead atoms. The number of rotatable bonds is 2. The van der Waals surface area contributed by atoms with Crippen LogP contribution >= 0.6 is 0 Å². The van der Waals surface area contributed by atoms with Crippen molar-refractivity contribution < 1.29 is 8.60 Å². The lowest BCUT2D eigenvalue weighted by atomic mass is 10.00. The molecule has 2 nitrogen and oxygen atoms in total. The predicted octanol–water partition coefficient (Wildman–Crippen LogP) is 3.34. The van der Waals surface area contributed by atoms with Crippen molar-refractivity contribution in [3.05, 3.63) is 65.5 Å². The van der Waals surface area contributed by atoms with E-state index in [1.807, 2.05) is 18.2 Å². The van der Waals surface area contributed by atoms with Crippen LogP contribution in [0.2, 0.25) is 0 Å². The molecule has 3 rings (SSSR count). The first kappa shape index (κ1) is 14.4. The average molecular weight is 303 g/mol. The van der Waals surface area contributed by atoms with Gasteiger partial charge in [-0.25, -0.2) is 4.39 Å². The van der Waals surface area contributed by atoms with Crippen molar-refractivity contribution in [1.29, 1.82) is 0 Å². The summed E-state index contributed by atoms with van der Waals surface area (Å²) >= 11 is 0. The van der Waals surface area contributed by atoms with Gasteiger partial charge in [-0.2, -0.15) is 0 Å². The number of hydrogen-bond donors (Lipinski definition) is 1. The molecule has 0 aliphatic heterocycles. The summed E-state index contributed by atoms with van der Waals surface area (Å²) in [4.78, 5) is 0.649. The smallest absolute Gasteiger partial charge is 0.123 e. The molecule has 4 heteroatoms. The van der Waals surface area contributed by atoms with Crippen LogP contribution in [0.3, 0.4) is 0 Å². The Balaban J connectivity index is 1.91. The lowest BCUT2D eigenvalue weighted by molar-refractivity contribution is 0.596. The van der Waals surface area contributed by atoms with Crippen LogP contribution in [0.25, 0.3) is 0 Å². The minimum absolute atomic E-state index is 0.126. The Kier molecular flexibility index (Phi) is 4.17. The Labute approximate surface area is 126 Å². The first-order valence-electron chi connectivity index (χ1n) is 7.16. The van der Waals surface area contributed by atoms with Crippen LogP contribution in [0.15, 0.2) is 53.4 Å². The number of benzene rings is 2. The summed E-state index contributed by atoms with van der Waals surface area (Å²) in [6, 6.07) is 13.8. The van der Waals surface area contributed by atoms with Gasteiger partial charge in [-0.1, -0.05) is 24.3 Å². The maximum Gasteiger partial charge on any atom is 0.123 e. The zero-order valence-corrected chi connectivity index (χ0v) is 12.5. The van der Waals surface area contributed by atoms with Crippen molar-refractivity contribution in [2.75, 3.05) is 0 Å². The van der Waals surface area contributed by atoms with E-state index < -0.39 is 10.8 Å². The first-order valence-corrected chi connectivity index (χ1v) is 8.37. The van der Waals surface area contributed by atoms with Gasteiger partial charge >= 0.3 is 0 Å². The van der Waals surface area contributed by atoms with Gasteiger partial charge in [0.15, 0.2) is 0 Å². The third kappa shape index (κ3) is 2.92. The van der Waals surface area contributed by atoms with Gasteiger partial charge in [0.1, 0.15) is 5.82 Å². The highest BCUT2D eigenvalue weighted by molar-refractivity contribution is 7.85. The summed E-state index contributed by atoms with van der Waals surface area (Å²) in [5.41, 5.74) is 8.74. The van der Waals surface area contributed by atoms with Gasteiger partial charge in [0.25, 0.3) is 0 Å². The molecule has 3 atom stereocenters. The van der Waals surface area contributed by atoms with E-state index in [2.05, 4.69) is 6.07 Å². The minimum atomic E-state index is -1.22. The second-order valence-corrected chi connectivity index (χ2v) is 7.08. The Morgan fingerprint density at radius 1 is 1.10 bits per heavy atom. The van der Waals surface area contributed by atoms with E-state index in [0.717, 1.165) is 24.8 Å². The SMILES string of the molecule is NC1c2ccccc2CCCC1S(=O)c1ccc(F)cc1. The van der Waals surface area contributed by atoms with Crippen molar-refractivity contribution >= 4 is 10.8 Å². The molecule has 2 aromatic carbocycles. The van der Waals surface area contributed by atoms with Crippen LogP contribution in [0.5, 0.6) is 0 Å². The van der Waals surface area contributed by atoms with Crippen LogP contribution in [0.1, 0.15) is 30.0 Å². The molecule has 0 amide bonds. The number of halogens is 1. The van der Waals surface area contributed by atoms with Crippen molar-refractivity contribution in [2.45, 2.75) is 35.4 Å². The molecule has 0 fully saturated rings. The van der Waals surface area contributed by atoms with E-state index in [1.165, 1.54) is 17.7 Å². The van der Waals surface area contributed by atoms with E-state index in [1.54, 1.807) is 12.1 Å². The summed E-state index contributed by atoms with van der Waals surface area (Å²) in [7, 11) is -1.22. The largest absolute Gasteiger partial charge is 0.323 e. The molecule has 0 heterocycles. The van der Waals surface area contributed by atoms with E-state index in [9.17, 15) is 8.60 Å². The average Bonchev–Trinajstić information content (AvgIpc) is 2.67. The lowest BCUT2D eigenvalue weighted by Gasteiger charge is -2.22. The molecule has 3 unspecified atom stereocenters. The lowest BCUT2D eigenvalue weighted by Crippen LogP contribution is -2.29. The van der Waals surface area contributed by atoms with Gasteiger partial charge in [0, 0.05) is 10.9 Å². The van der Waals surface area contributed by atoms with E-state index in [4.69, 9.17) is 5.73 Å². The fourth-order valence-electron chi connectivity index (χ4n) is 2.94. The van der Waals surface area contributed by atoms with Crippen molar-refractivity contribution in [3.63, 3.8) is 0 Å². The summed E-state index contributed by atoms with van der Waals surface area (Å²) < 4.78 is 25.8. The maximum absolute atomic E-state index is 13.0. The van der Waals surface area contributed by atoms with Crippen LogP contribution in [0.4, 0.5) is 4.39 Å². The quantitative estimate of drug-likeness (QED) is 0.865. The van der Waals surface area contributed by atoms with E-state index in [0.29, 0.717) is 4.90 Å². The van der Waals surface area contributed by atoms with E-state index >= 15 is 0 Å². The molecule has 110 valence electrons. The number of nitrogens with two attached hydrogens (primary N) is 1. The standard InChI is InChI=1S/C17H18FNOS/c18-13-8-10-14(11-9-13)21(20)16-7-3-5-12-4-1-2-6-15(12)17(16)19/h1-2,4,6,8-11,16-17H,3,5,7,19H2. The van der Waals surface area contributed by atoms with Crippen LogP contribution in [0, 0.1) is 5.82 Å². The molecule has 0 saturated heterocycles. The number of fused-ring (bicyclic) bond motifs is 1. The van der Waals surface area contributed by atoms with Crippen molar-refractivity contribution in [1.82, 2.24) is 0 Å². The maximum atomic E-state index is 13.0. The van der Waals surface area contributed by atoms with Crippen molar-refractivity contribution in [3.8, 4) is 0 Å². The topological polar surface area (TPSA) is 43.1 Å². The minimum Gasteiger partial charge on any atom is -0.323 e.